The first-order valence-corrected chi connectivity index (χ1v) is 10.7. The number of dihydropyridines is 1. The molecule has 8 heteroatoms. The first-order valence-electron chi connectivity index (χ1n) is 9.29. The molecule has 5 rings (SSSR count). The largest absolute Gasteiger partial charge is 0.296 e. The third kappa shape index (κ3) is 2.80. The second-order valence-corrected chi connectivity index (χ2v) is 8.61. The van der Waals surface area contributed by atoms with E-state index < -0.39 is 32.6 Å². The Bertz CT molecular complexity index is 1440. The Morgan fingerprint density at radius 1 is 0.903 bits per heavy atom. The highest BCUT2D eigenvalue weighted by Crippen LogP contribution is 2.47. The molecule has 3 aliphatic rings. The van der Waals surface area contributed by atoms with Crippen molar-refractivity contribution in [2.75, 3.05) is 0 Å². The molecule has 1 amide bonds. The Morgan fingerprint density at radius 2 is 1.55 bits per heavy atom. The molecule has 1 N–H and O–H groups in total. The highest BCUT2D eigenvalue weighted by Gasteiger charge is 2.47. The lowest BCUT2D eigenvalue weighted by Gasteiger charge is -2.35. The fourth-order valence-corrected chi connectivity index (χ4v) is 4.88. The van der Waals surface area contributed by atoms with Gasteiger partial charge in [-0.05, 0) is 17.2 Å². The molecule has 0 radical (unpaired) electrons. The molecule has 2 aromatic carbocycles. The quantitative estimate of drug-likeness (QED) is 0.454. The van der Waals surface area contributed by atoms with Gasteiger partial charge >= 0.3 is 0 Å². The summed E-state index contributed by atoms with van der Waals surface area (Å²) in [5.74, 6) is -2.90. The van der Waals surface area contributed by atoms with Crippen LogP contribution in [0.4, 0.5) is 0 Å². The smallest absolute Gasteiger partial charge is 0.289 e. The molecular weight excluding hydrogens is 418 g/mol. The monoisotopic (exact) mass is 431 g/mol. The maximum atomic E-state index is 13.3. The van der Waals surface area contributed by atoms with E-state index in [2.05, 4.69) is 4.99 Å². The van der Waals surface area contributed by atoms with Crippen LogP contribution in [0.5, 0.6) is 0 Å². The minimum absolute atomic E-state index is 0.186. The number of hydrogen-bond donors (Lipinski definition) is 1. The molecule has 0 aromatic heterocycles. The average Bonchev–Trinajstić information content (AvgIpc) is 2.76. The van der Waals surface area contributed by atoms with Crippen molar-refractivity contribution < 1.29 is 27.4 Å². The van der Waals surface area contributed by atoms with Gasteiger partial charge in [0.1, 0.15) is 4.91 Å². The zero-order chi connectivity index (χ0) is 21.9. The minimum atomic E-state index is -4.72. The van der Waals surface area contributed by atoms with Crippen LogP contribution in [0, 0.1) is 5.92 Å². The van der Waals surface area contributed by atoms with Gasteiger partial charge in [-0.2, -0.15) is 8.42 Å². The third-order valence-corrected chi connectivity index (χ3v) is 6.41. The highest BCUT2D eigenvalue weighted by molar-refractivity contribution is 7.90. The molecule has 1 unspecified atom stereocenters. The molecule has 0 saturated heterocycles. The van der Waals surface area contributed by atoms with Gasteiger partial charge in [-0.15, -0.1) is 0 Å². The number of fused-ring (bicyclic) bond motifs is 2. The summed E-state index contributed by atoms with van der Waals surface area (Å²) in [7, 11) is -4.72. The van der Waals surface area contributed by atoms with Gasteiger partial charge < -0.3 is 0 Å². The summed E-state index contributed by atoms with van der Waals surface area (Å²) >= 11 is 0. The number of Topliss-reactive ketones (excluding diaryl/α,β-unsaturated/α-hetero) is 2. The van der Waals surface area contributed by atoms with E-state index in [-0.39, 0.29) is 33.8 Å². The Kier molecular flexibility index (Phi) is 4.11. The fraction of sp³-hybridized carbons (Fsp3) is 0.0435. The summed E-state index contributed by atoms with van der Waals surface area (Å²) in [5.41, 5.74) is 0.862. The van der Waals surface area contributed by atoms with Crippen molar-refractivity contribution in [1.29, 1.82) is 0 Å². The number of rotatable bonds is 3. The van der Waals surface area contributed by atoms with E-state index in [9.17, 15) is 27.4 Å². The lowest BCUT2D eigenvalue weighted by atomic mass is 9.68. The van der Waals surface area contributed by atoms with Gasteiger partial charge in [-0.3, -0.25) is 18.9 Å². The predicted octanol–water partition coefficient (Wildman–Crippen LogP) is 2.83. The van der Waals surface area contributed by atoms with E-state index in [4.69, 9.17) is 0 Å². The molecule has 2 aromatic rings. The average molecular weight is 431 g/mol. The first kappa shape index (κ1) is 19.2. The summed E-state index contributed by atoms with van der Waals surface area (Å²) in [6, 6.07) is 14.7. The Morgan fingerprint density at radius 3 is 2.23 bits per heavy atom. The number of aliphatic imine (C=N–C) groups is 1. The molecule has 1 aliphatic heterocycles. The molecule has 1 atom stereocenters. The second kappa shape index (κ2) is 6.63. The van der Waals surface area contributed by atoms with Gasteiger partial charge in [0.2, 0.25) is 0 Å². The van der Waals surface area contributed by atoms with E-state index in [1.54, 1.807) is 54.6 Å². The minimum Gasteiger partial charge on any atom is -0.289 e. The van der Waals surface area contributed by atoms with Crippen LogP contribution >= 0.6 is 0 Å². The molecule has 31 heavy (non-hydrogen) atoms. The lowest BCUT2D eigenvalue weighted by molar-refractivity contribution is -0.114. The molecule has 0 saturated carbocycles. The molecule has 0 fully saturated rings. The topological polar surface area (TPSA) is 118 Å². The summed E-state index contributed by atoms with van der Waals surface area (Å²) < 4.78 is 33.5. The number of hydrogen-bond acceptors (Lipinski definition) is 5. The second-order valence-electron chi connectivity index (χ2n) is 7.22. The molecule has 0 bridgehead atoms. The zero-order valence-corrected chi connectivity index (χ0v) is 16.6. The summed E-state index contributed by atoms with van der Waals surface area (Å²) in [6.07, 6.45) is 2.35. The fourth-order valence-electron chi connectivity index (χ4n) is 4.21. The summed E-state index contributed by atoms with van der Waals surface area (Å²) in [4.78, 5) is 42.8. The van der Waals surface area contributed by atoms with Crippen LogP contribution in [0.25, 0.3) is 5.57 Å². The van der Waals surface area contributed by atoms with Gasteiger partial charge in [0, 0.05) is 16.7 Å². The molecular formula is C23H13NO6S. The van der Waals surface area contributed by atoms with Crippen molar-refractivity contribution in [3.05, 3.63) is 99.5 Å². The Labute approximate surface area is 176 Å². The number of amides is 1. The van der Waals surface area contributed by atoms with Crippen molar-refractivity contribution in [2.24, 2.45) is 10.9 Å². The first-order chi connectivity index (χ1) is 14.8. The van der Waals surface area contributed by atoms with Gasteiger partial charge in [-0.25, -0.2) is 4.99 Å². The SMILES string of the molecule is O=C1N=C2C(S(=O)(=O)O)=CC=C3C(=O)c4ccccc4C(=C1C(=O)c1ccccc1)C32. The third-order valence-electron chi connectivity index (χ3n) is 5.51. The molecule has 0 spiro atoms. The molecule has 152 valence electrons. The van der Waals surface area contributed by atoms with E-state index >= 15 is 0 Å². The lowest BCUT2D eigenvalue weighted by Crippen LogP contribution is -2.38. The van der Waals surface area contributed by atoms with Gasteiger partial charge in [0.15, 0.2) is 11.6 Å². The Hall–Kier alpha value is -3.75. The number of carbonyl (C=O) groups is 3. The van der Waals surface area contributed by atoms with E-state index in [0.717, 1.165) is 6.08 Å². The molecule has 1 heterocycles. The van der Waals surface area contributed by atoms with Gasteiger partial charge in [-0.1, -0.05) is 60.7 Å². The van der Waals surface area contributed by atoms with Crippen LogP contribution in [0.15, 0.2) is 87.8 Å². The molecule has 7 nitrogen and oxygen atoms in total. The van der Waals surface area contributed by atoms with Crippen molar-refractivity contribution in [2.45, 2.75) is 0 Å². The van der Waals surface area contributed by atoms with Crippen LogP contribution in [-0.4, -0.2) is 36.2 Å². The number of carbonyl (C=O) groups excluding carboxylic acids is 3. The number of benzene rings is 2. The standard InChI is InChI=1S/C23H13NO6S/c25-21(12-6-2-1-3-7-12)19-17-13-8-4-5-9-14(13)22(26)15-10-11-16(31(28,29)30)20(18(15)17)24-23(19)27/h1-11,18H,(H,28,29,30). The van der Waals surface area contributed by atoms with E-state index in [1.165, 1.54) is 6.08 Å². The van der Waals surface area contributed by atoms with Crippen LogP contribution in [0.3, 0.4) is 0 Å². The Balaban J connectivity index is 1.86. The molecule has 2 aliphatic carbocycles. The predicted molar refractivity (Wildman–Crippen MR) is 112 cm³/mol. The maximum Gasteiger partial charge on any atom is 0.296 e. The van der Waals surface area contributed by atoms with Crippen molar-refractivity contribution in [3.63, 3.8) is 0 Å². The van der Waals surface area contributed by atoms with Gasteiger partial charge in [0.25, 0.3) is 16.0 Å². The maximum absolute atomic E-state index is 13.3. The number of nitrogens with zero attached hydrogens (tertiary/aromatic N) is 1. The van der Waals surface area contributed by atoms with Crippen LogP contribution in [-0.2, 0) is 14.9 Å². The van der Waals surface area contributed by atoms with Crippen molar-refractivity contribution >= 4 is 38.9 Å². The normalized spacial score (nSPS) is 19.8. The van der Waals surface area contributed by atoms with E-state index in [1.807, 2.05) is 0 Å². The number of ketones is 2. The van der Waals surface area contributed by atoms with Crippen molar-refractivity contribution in [3.8, 4) is 0 Å². The van der Waals surface area contributed by atoms with Crippen LogP contribution < -0.4 is 0 Å². The van der Waals surface area contributed by atoms with Crippen LogP contribution in [0.2, 0.25) is 0 Å². The van der Waals surface area contributed by atoms with Crippen molar-refractivity contribution in [1.82, 2.24) is 0 Å². The zero-order valence-electron chi connectivity index (χ0n) is 15.8. The van der Waals surface area contributed by atoms with E-state index in [0.29, 0.717) is 11.1 Å². The highest BCUT2D eigenvalue weighted by atomic mass is 32.2. The van der Waals surface area contributed by atoms with Crippen LogP contribution in [0.1, 0.15) is 26.3 Å². The van der Waals surface area contributed by atoms with Gasteiger partial charge in [0.05, 0.1) is 17.2 Å². The summed E-state index contributed by atoms with van der Waals surface area (Å²) in [5, 5.41) is 0. The number of allylic oxidation sites excluding steroid dienone is 5. The summed E-state index contributed by atoms with van der Waals surface area (Å²) in [6.45, 7) is 0.